The first kappa shape index (κ1) is 8.93. The fourth-order valence-electron chi connectivity index (χ4n) is 1.81. The number of hydrogen-bond acceptors (Lipinski definition) is 3. The molecule has 0 saturated carbocycles. The van der Waals surface area contributed by atoms with Gasteiger partial charge in [-0.15, -0.1) is 0 Å². The largest absolute Gasteiger partial charge is 0.477 e. The molecule has 0 saturated heterocycles. The van der Waals surface area contributed by atoms with Crippen LogP contribution in [0.15, 0.2) is 0 Å². The number of nitrogens with zero attached hydrogens (tertiary/aromatic N) is 2. The van der Waals surface area contributed by atoms with Crippen molar-refractivity contribution < 1.29 is 14.7 Å². The van der Waals surface area contributed by atoms with Gasteiger partial charge in [0, 0.05) is 13.0 Å². The standard InChI is InChI=1S/C9H10N2O3/c12-5-6-8(9(13)14)11-4-2-1-3-7(11)10-6/h5H,1-4H2,(H,13,14). The zero-order valence-corrected chi connectivity index (χ0v) is 7.56. The normalized spacial score (nSPS) is 14.9. The molecule has 1 N–H and O–H groups in total. The second-order valence-electron chi connectivity index (χ2n) is 3.29. The van der Waals surface area contributed by atoms with Gasteiger partial charge in [0.15, 0.2) is 12.0 Å². The molecule has 0 spiro atoms. The highest BCUT2D eigenvalue weighted by molar-refractivity contribution is 5.94. The van der Waals surface area contributed by atoms with E-state index in [1.165, 1.54) is 0 Å². The minimum Gasteiger partial charge on any atom is -0.477 e. The van der Waals surface area contributed by atoms with Crippen LogP contribution in [0.4, 0.5) is 0 Å². The molecular weight excluding hydrogens is 184 g/mol. The van der Waals surface area contributed by atoms with E-state index in [2.05, 4.69) is 4.98 Å². The van der Waals surface area contributed by atoms with Gasteiger partial charge >= 0.3 is 5.97 Å². The van der Waals surface area contributed by atoms with Crippen LogP contribution >= 0.6 is 0 Å². The molecule has 1 aromatic heterocycles. The van der Waals surface area contributed by atoms with Gasteiger partial charge in [0.25, 0.3) is 0 Å². The molecule has 0 amide bonds. The predicted molar refractivity (Wildman–Crippen MR) is 47.5 cm³/mol. The molecule has 0 atom stereocenters. The maximum atomic E-state index is 10.9. The van der Waals surface area contributed by atoms with E-state index in [1.54, 1.807) is 4.57 Å². The molecule has 14 heavy (non-hydrogen) atoms. The van der Waals surface area contributed by atoms with Crippen LogP contribution in [0.5, 0.6) is 0 Å². The zero-order chi connectivity index (χ0) is 10.1. The Labute approximate surface area is 80.4 Å². The topological polar surface area (TPSA) is 72.2 Å². The molecular formula is C9H10N2O3. The van der Waals surface area contributed by atoms with Gasteiger partial charge in [0.05, 0.1) is 0 Å². The first-order valence-electron chi connectivity index (χ1n) is 4.52. The van der Waals surface area contributed by atoms with Crippen LogP contribution in [0.2, 0.25) is 0 Å². The van der Waals surface area contributed by atoms with Gasteiger partial charge in [-0.25, -0.2) is 9.78 Å². The van der Waals surface area contributed by atoms with Crippen molar-refractivity contribution in [2.24, 2.45) is 0 Å². The van der Waals surface area contributed by atoms with Crippen molar-refractivity contribution in [2.75, 3.05) is 0 Å². The van der Waals surface area contributed by atoms with Crippen LogP contribution in [-0.2, 0) is 13.0 Å². The van der Waals surface area contributed by atoms with Gasteiger partial charge in [-0.3, -0.25) is 4.79 Å². The number of aromatic nitrogens is 2. The Balaban J connectivity index is 2.58. The van der Waals surface area contributed by atoms with Crippen molar-refractivity contribution >= 4 is 12.3 Å². The summed E-state index contributed by atoms with van der Waals surface area (Å²) in [5, 5.41) is 8.92. The average molecular weight is 194 g/mol. The summed E-state index contributed by atoms with van der Waals surface area (Å²) in [7, 11) is 0. The number of carboxylic acid groups (broad SMARTS) is 1. The molecule has 1 aliphatic heterocycles. The molecule has 0 bridgehead atoms. The maximum Gasteiger partial charge on any atom is 0.354 e. The molecule has 1 aliphatic rings. The molecule has 2 heterocycles. The third-order valence-electron chi connectivity index (χ3n) is 2.42. The van der Waals surface area contributed by atoms with Crippen molar-refractivity contribution in [3.8, 4) is 0 Å². The molecule has 2 rings (SSSR count). The van der Waals surface area contributed by atoms with Crippen molar-refractivity contribution in [1.29, 1.82) is 0 Å². The number of rotatable bonds is 2. The number of aromatic carboxylic acids is 1. The minimum atomic E-state index is -1.08. The Morgan fingerprint density at radius 1 is 1.50 bits per heavy atom. The maximum absolute atomic E-state index is 10.9. The zero-order valence-electron chi connectivity index (χ0n) is 7.56. The molecule has 0 radical (unpaired) electrons. The molecule has 1 aromatic rings. The molecule has 5 nitrogen and oxygen atoms in total. The van der Waals surface area contributed by atoms with Gasteiger partial charge in [0.1, 0.15) is 11.5 Å². The number of carbonyl (C=O) groups excluding carboxylic acids is 1. The van der Waals surface area contributed by atoms with Crippen LogP contribution in [-0.4, -0.2) is 26.9 Å². The molecule has 5 heteroatoms. The fourth-order valence-corrected chi connectivity index (χ4v) is 1.81. The molecule has 0 aromatic carbocycles. The molecule has 0 unspecified atom stereocenters. The third-order valence-corrected chi connectivity index (χ3v) is 2.42. The van der Waals surface area contributed by atoms with E-state index in [4.69, 9.17) is 5.11 Å². The summed E-state index contributed by atoms with van der Waals surface area (Å²) in [6.07, 6.45) is 3.22. The summed E-state index contributed by atoms with van der Waals surface area (Å²) < 4.78 is 1.63. The van der Waals surface area contributed by atoms with E-state index in [0.29, 0.717) is 12.8 Å². The van der Waals surface area contributed by atoms with E-state index >= 15 is 0 Å². The Bertz CT molecular complexity index is 395. The lowest BCUT2D eigenvalue weighted by Gasteiger charge is -2.14. The lowest BCUT2D eigenvalue weighted by Crippen LogP contribution is -2.16. The van der Waals surface area contributed by atoms with Crippen LogP contribution < -0.4 is 0 Å². The van der Waals surface area contributed by atoms with E-state index in [-0.39, 0.29) is 11.4 Å². The Kier molecular flexibility index (Phi) is 2.07. The van der Waals surface area contributed by atoms with Crippen molar-refractivity contribution in [1.82, 2.24) is 9.55 Å². The number of carboxylic acids is 1. The van der Waals surface area contributed by atoms with Crippen LogP contribution in [0.3, 0.4) is 0 Å². The van der Waals surface area contributed by atoms with Crippen LogP contribution in [0.1, 0.15) is 39.6 Å². The Morgan fingerprint density at radius 3 is 2.93 bits per heavy atom. The number of hydrogen-bond donors (Lipinski definition) is 1. The minimum absolute atomic E-state index is 0.0368. The van der Waals surface area contributed by atoms with Crippen LogP contribution in [0, 0.1) is 0 Å². The average Bonchev–Trinajstić information content (AvgIpc) is 2.55. The predicted octanol–water partition coefficient (Wildman–Crippen LogP) is 0.730. The smallest absolute Gasteiger partial charge is 0.354 e. The summed E-state index contributed by atoms with van der Waals surface area (Å²) >= 11 is 0. The third kappa shape index (κ3) is 1.21. The number of aryl methyl sites for hydroxylation is 1. The van der Waals surface area contributed by atoms with Crippen LogP contribution in [0.25, 0.3) is 0 Å². The van der Waals surface area contributed by atoms with Gasteiger partial charge in [-0.05, 0) is 12.8 Å². The number of carbonyl (C=O) groups is 2. The van der Waals surface area contributed by atoms with E-state index in [1.807, 2.05) is 0 Å². The van der Waals surface area contributed by atoms with Gasteiger partial charge in [0.2, 0.25) is 0 Å². The van der Waals surface area contributed by atoms with E-state index in [9.17, 15) is 9.59 Å². The highest BCUT2D eigenvalue weighted by Gasteiger charge is 2.23. The lowest BCUT2D eigenvalue weighted by atomic mass is 10.1. The first-order valence-corrected chi connectivity index (χ1v) is 4.52. The number of imidazole rings is 1. The summed E-state index contributed by atoms with van der Waals surface area (Å²) in [5.41, 5.74) is 0.0871. The van der Waals surface area contributed by atoms with Gasteiger partial charge in [-0.2, -0.15) is 0 Å². The summed E-state index contributed by atoms with van der Waals surface area (Å²) in [6, 6.07) is 0. The quantitative estimate of drug-likeness (QED) is 0.704. The molecule has 0 aliphatic carbocycles. The fraction of sp³-hybridized carbons (Fsp3) is 0.444. The Hall–Kier alpha value is -1.65. The van der Waals surface area contributed by atoms with Gasteiger partial charge < -0.3 is 9.67 Å². The molecule has 74 valence electrons. The summed E-state index contributed by atoms with van der Waals surface area (Å²) in [6.45, 7) is 0.651. The van der Waals surface area contributed by atoms with Crippen molar-refractivity contribution in [3.05, 3.63) is 17.2 Å². The number of fused-ring (bicyclic) bond motifs is 1. The lowest BCUT2D eigenvalue weighted by molar-refractivity contribution is 0.0680. The van der Waals surface area contributed by atoms with E-state index < -0.39 is 5.97 Å². The molecule has 0 fully saturated rings. The van der Waals surface area contributed by atoms with Gasteiger partial charge in [-0.1, -0.05) is 0 Å². The highest BCUT2D eigenvalue weighted by Crippen LogP contribution is 2.18. The number of aldehydes is 1. The SMILES string of the molecule is O=Cc1nc2n(c1C(=O)O)CCCC2. The monoisotopic (exact) mass is 194 g/mol. The summed E-state index contributed by atoms with van der Waals surface area (Å²) in [5.74, 6) is -0.358. The van der Waals surface area contributed by atoms with E-state index in [0.717, 1.165) is 25.1 Å². The Morgan fingerprint density at radius 2 is 2.29 bits per heavy atom. The highest BCUT2D eigenvalue weighted by atomic mass is 16.4. The summed E-state index contributed by atoms with van der Waals surface area (Å²) in [4.78, 5) is 25.5. The van der Waals surface area contributed by atoms with Crippen molar-refractivity contribution in [3.63, 3.8) is 0 Å². The second kappa shape index (κ2) is 3.25. The first-order chi connectivity index (χ1) is 6.74. The van der Waals surface area contributed by atoms with Crippen molar-refractivity contribution in [2.45, 2.75) is 25.8 Å². The second-order valence-corrected chi connectivity index (χ2v) is 3.29.